The van der Waals surface area contributed by atoms with E-state index >= 15 is 0 Å². The maximum absolute atomic E-state index is 13.4. The van der Waals surface area contributed by atoms with E-state index < -0.39 is 0 Å². The van der Waals surface area contributed by atoms with Crippen LogP contribution in [-0.4, -0.2) is 73.5 Å². The van der Waals surface area contributed by atoms with Gasteiger partial charge in [-0.25, -0.2) is 4.39 Å². The first-order valence-electron chi connectivity index (χ1n) is 11.0. The lowest BCUT2D eigenvalue weighted by atomic mass is 9.93. The van der Waals surface area contributed by atoms with Crippen molar-refractivity contribution in [2.24, 2.45) is 11.8 Å². The fourth-order valence-corrected chi connectivity index (χ4v) is 4.68. The summed E-state index contributed by atoms with van der Waals surface area (Å²) in [5, 5.41) is 0. The van der Waals surface area contributed by atoms with Gasteiger partial charge in [0.2, 0.25) is 5.91 Å². The summed E-state index contributed by atoms with van der Waals surface area (Å²) in [6.45, 7) is 9.00. The smallest absolute Gasteiger partial charge is 0.225 e. The molecule has 0 saturated carbocycles. The van der Waals surface area contributed by atoms with Crippen LogP contribution in [0.3, 0.4) is 0 Å². The molecule has 0 unspecified atom stereocenters. The predicted octanol–water partition coefficient (Wildman–Crippen LogP) is 3.27. The van der Waals surface area contributed by atoms with E-state index in [1.165, 1.54) is 18.9 Å². The van der Waals surface area contributed by atoms with E-state index in [1.807, 2.05) is 6.07 Å². The average molecular weight is 390 g/mol. The lowest BCUT2D eigenvalue weighted by molar-refractivity contribution is -0.137. The van der Waals surface area contributed by atoms with Gasteiger partial charge in [0, 0.05) is 32.1 Å². The van der Waals surface area contributed by atoms with Gasteiger partial charge in [-0.05, 0) is 89.3 Å². The van der Waals surface area contributed by atoms with Gasteiger partial charge in [-0.2, -0.15) is 0 Å². The van der Waals surface area contributed by atoms with E-state index in [-0.39, 0.29) is 11.7 Å². The molecule has 1 atom stereocenters. The molecule has 0 radical (unpaired) electrons. The number of piperidine rings is 2. The van der Waals surface area contributed by atoms with Crippen LogP contribution in [0.1, 0.15) is 38.2 Å². The van der Waals surface area contributed by atoms with Crippen molar-refractivity contribution >= 4 is 5.91 Å². The van der Waals surface area contributed by atoms with Gasteiger partial charge >= 0.3 is 0 Å². The van der Waals surface area contributed by atoms with Crippen LogP contribution in [0.4, 0.5) is 4.39 Å². The number of nitrogens with zero attached hydrogens (tertiary/aromatic N) is 3. The Balaban J connectivity index is 1.48. The zero-order valence-electron chi connectivity index (χ0n) is 17.6. The van der Waals surface area contributed by atoms with Crippen molar-refractivity contribution in [3.8, 4) is 0 Å². The Hall–Kier alpha value is -1.46. The van der Waals surface area contributed by atoms with Gasteiger partial charge in [-0.15, -0.1) is 0 Å². The van der Waals surface area contributed by atoms with Crippen molar-refractivity contribution in [2.45, 2.75) is 39.0 Å². The number of carbonyl (C=O) groups excluding carboxylic acids is 1. The van der Waals surface area contributed by atoms with Gasteiger partial charge in [0.1, 0.15) is 5.82 Å². The third kappa shape index (κ3) is 6.02. The number of benzene rings is 1. The van der Waals surface area contributed by atoms with Crippen molar-refractivity contribution in [3.05, 3.63) is 35.6 Å². The molecule has 0 N–H and O–H groups in total. The number of carbonyl (C=O) groups is 1. The minimum Gasteiger partial charge on any atom is -0.342 e. The average Bonchev–Trinajstić information content (AvgIpc) is 2.71. The number of hydrogen-bond acceptors (Lipinski definition) is 3. The Bertz CT molecular complexity index is 630. The highest BCUT2D eigenvalue weighted by Gasteiger charge is 2.29. The van der Waals surface area contributed by atoms with Crippen molar-refractivity contribution in [1.82, 2.24) is 14.7 Å². The summed E-state index contributed by atoms with van der Waals surface area (Å²) in [6, 6.07) is 6.93. The second-order valence-corrected chi connectivity index (χ2v) is 8.64. The molecule has 2 heterocycles. The van der Waals surface area contributed by atoms with Gasteiger partial charge in [0.15, 0.2) is 0 Å². The molecule has 1 amide bonds. The Morgan fingerprint density at radius 3 is 2.71 bits per heavy atom. The van der Waals surface area contributed by atoms with Crippen molar-refractivity contribution < 1.29 is 9.18 Å². The molecular weight excluding hydrogens is 353 g/mol. The molecule has 0 aliphatic carbocycles. The Labute approximate surface area is 169 Å². The maximum Gasteiger partial charge on any atom is 0.225 e. The maximum atomic E-state index is 13.4. The molecule has 2 aliphatic rings. The number of likely N-dealkylation sites (tertiary alicyclic amines) is 2. The van der Waals surface area contributed by atoms with E-state index in [0.29, 0.717) is 11.8 Å². The summed E-state index contributed by atoms with van der Waals surface area (Å²) in [4.78, 5) is 19.9. The van der Waals surface area contributed by atoms with Crippen LogP contribution in [0.2, 0.25) is 0 Å². The number of hydrogen-bond donors (Lipinski definition) is 0. The normalized spacial score (nSPS) is 22.3. The summed E-state index contributed by atoms with van der Waals surface area (Å²) in [7, 11) is 2.14. The first-order valence-corrected chi connectivity index (χ1v) is 11.0. The number of rotatable bonds is 7. The largest absolute Gasteiger partial charge is 0.342 e. The minimum atomic E-state index is -0.153. The highest BCUT2D eigenvalue weighted by atomic mass is 19.1. The molecule has 2 saturated heterocycles. The van der Waals surface area contributed by atoms with Gasteiger partial charge in [-0.1, -0.05) is 12.1 Å². The van der Waals surface area contributed by atoms with E-state index in [9.17, 15) is 9.18 Å². The van der Waals surface area contributed by atoms with Crippen molar-refractivity contribution in [2.75, 3.05) is 52.9 Å². The molecule has 5 heteroatoms. The molecule has 1 aromatic carbocycles. The number of amides is 1. The van der Waals surface area contributed by atoms with Gasteiger partial charge < -0.3 is 14.7 Å². The van der Waals surface area contributed by atoms with Gasteiger partial charge in [0.05, 0.1) is 0 Å². The molecule has 2 fully saturated rings. The molecule has 0 bridgehead atoms. The van der Waals surface area contributed by atoms with E-state index in [2.05, 4.69) is 28.7 Å². The van der Waals surface area contributed by atoms with Crippen LogP contribution in [-0.2, 0) is 11.2 Å². The molecule has 0 spiro atoms. The van der Waals surface area contributed by atoms with Crippen molar-refractivity contribution in [1.29, 1.82) is 0 Å². The van der Waals surface area contributed by atoms with E-state index in [4.69, 9.17) is 0 Å². The van der Waals surface area contributed by atoms with Crippen LogP contribution in [0.5, 0.6) is 0 Å². The molecule has 28 heavy (non-hydrogen) atoms. The molecule has 0 aromatic heterocycles. The van der Waals surface area contributed by atoms with Gasteiger partial charge in [-0.3, -0.25) is 4.79 Å². The van der Waals surface area contributed by atoms with E-state index in [1.54, 1.807) is 12.1 Å². The van der Waals surface area contributed by atoms with Crippen LogP contribution < -0.4 is 0 Å². The zero-order valence-corrected chi connectivity index (χ0v) is 17.6. The Morgan fingerprint density at radius 2 is 2.00 bits per heavy atom. The second kappa shape index (κ2) is 10.4. The first-order chi connectivity index (χ1) is 13.5. The summed E-state index contributed by atoms with van der Waals surface area (Å²) in [6.07, 6.45) is 5.27. The zero-order chi connectivity index (χ0) is 19.9. The van der Waals surface area contributed by atoms with Crippen molar-refractivity contribution in [3.63, 3.8) is 0 Å². The molecule has 4 nitrogen and oxygen atoms in total. The van der Waals surface area contributed by atoms with Crippen LogP contribution in [0, 0.1) is 17.7 Å². The molecule has 1 aromatic rings. The topological polar surface area (TPSA) is 26.8 Å². The monoisotopic (exact) mass is 389 g/mol. The Kier molecular flexibility index (Phi) is 7.86. The molecule has 2 aliphatic heterocycles. The predicted molar refractivity (Wildman–Crippen MR) is 112 cm³/mol. The molecule has 156 valence electrons. The first kappa shape index (κ1) is 21.3. The summed E-state index contributed by atoms with van der Waals surface area (Å²) >= 11 is 0. The quantitative estimate of drug-likeness (QED) is 0.716. The number of halogens is 1. The summed E-state index contributed by atoms with van der Waals surface area (Å²) < 4.78 is 13.4. The fourth-order valence-electron chi connectivity index (χ4n) is 4.68. The molecule has 3 rings (SSSR count). The standard InChI is InChI=1S/C23H36FN3O/c1-3-27(23(28)21-10-13-25(2)14-11-21)18-20-7-5-12-26(17-20)15-9-19-6-4-8-22(24)16-19/h4,6,8,16,20-21H,3,5,7,9-15,17-18H2,1-2H3/t20-/m1/s1. The lowest BCUT2D eigenvalue weighted by Crippen LogP contribution is -2.46. The lowest BCUT2D eigenvalue weighted by Gasteiger charge is -2.37. The summed E-state index contributed by atoms with van der Waals surface area (Å²) in [5.74, 6) is 0.979. The van der Waals surface area contributed by atoms with Crippen LogP contribution in [0.25, 0.3) is 0 Å². The van der Waals surface area contributed by atoms with Crippen LogP contribution in [0.15, 0.2) is 24.3 Å². The highest BCUT2D eigenvalue weighted by molar-refractivity contribution is 5.79. The highest BCUT2D eigenvalue weighted by Crippen LogP contribution is 2.22. The Morgan fingerprint density at radius 1 is 1.21 bits per heavy atom. The third-order valence-corrected chi connectivity index (χ3v) is 6.45. The van der Waals surface area contributed by atoms with Gasteiger partial charge in [0.25, 0.3) is 0 Å². The van der Waals surface area contributed by atoms with E-state index in [0.717, 1.165) is 70.6 Å². The fraction of sp³-hybridized carbons (Fsp3) is 0.696. The van der Waals surface area contributed by atoms with Crippen LogP contribution >= 0.6 is 0 Å². The minimum absolute atomic E-state index is 0.153. The second-order valence-electron chi connectivity index (χ2n) is 8.64. The SMILES string of the molecule is CCN(C[C@@H]1CCCN(CCc2cccc(F)c2)C1)C(=O)C1CCN(C)CC1. The third-order valence-electron chi connectivity index (χ3n) is 6.45. The molecular formula is C23H36FN3O. The summed E-state index contributed by atoms with van der Waals surface area (Å²) in [5.41, 5.74) is 1.06.